The van der Waals surface area contributed by atoms with Crippen LogP contribution in [0.5, 0.6) is 17.2 Å². The maximum Gasteiger partial charge on any atom is 0.123 e. The first-order valence-electron chi connectivity index (χ1n) is 15.5. The Morgan fingerprint density at radius 2 is 1.16 bits per heavy atom. The lowest BCUT2D eigenvalue weighted by Crippen LogP contribution is -2.37. The highest BCUT2D eigenvalue weighted by Gasteiger charge is 2.35. The minimum absolute atomic E-state index is 0.131. The van der Waals surface area contributed by atoms with E-state index in [1.54, 1.807) is 24.8 Å². The van der Waals surface area contributed by atoms with Crippen molar-refractivity contribution in [2.24, 2.45) is 0 Å². The smallest absolute Gasteiger partial charge is 0.123 e. The Labute approximate surface area is 276 Å². The summed E-state index contributed by atoms with van der Waals surface area (Å²) in [6.07, 6.45) is 8.89. The minimum Gasteiger partial charge on any atom is -0.492 e. The van der Waals surface area contributed by atoms with Gasteiger partial charge in [-0.05, 0) is 68.8 Å². The normalized spacial score (nSPS) is 21.2. The van der Waals surface area contributed by atoms with Gasteiger partial charge in [0.2, 0.25) is 0 Å². The third kappa shape index (κ3) is 13.2. The van der Waals surface area contributed by atoms with E-state index >= 15 is 0 Å². The zero-order valence-corrected chi connectivity index (χ0v) is 27.9. The van der Waals surface area contributed by atoms with E-state index in [0.717, 1.165) is 73.8 Å². The predicted octanol–water partition coefficient (Wildman–Crippen LogP) is 6.37. The predicted molar refractivity (Wildman–Crippen MR) is 182 cm³/mol. The number of likely N-dealkylation sites (tertiary alicyclic amines) is 2. The summed E-state index contributed by atoms with van der Waals surface area (Å²) >= 11 is 3.27. The van der Waals surface area contributed by atoms with Crippen LogP contribution in [0.2, 0.25) is 0 Å². The van der Waals surface area contributed by atoms with Crippen molar-refractivity contribution >= 4 is 15.9 Å². The minimum atomic E-state index is -0.507. The summed E-state index contributed by atoms with van der Waals surface area (Å²) in [6.45, 7) is 10.9. The van der Waals surface area contributed by atoms with Gasteiger partial charge in [0.1, 0.15) is 36.1 Å². The van der Waals surface area contributed by atoms with Crippen molar-refractivity contribution in [3.8, 4) is 17.2 Å². The number of benzene rings is 2. The van der Waals surface area contributed by atoms with Gasteiger partial charge in [-0.25, -0.2) is 0 Å². The Hall–Kier alpha value is -3.50. The summed E-state index contributed by atoms with van der Waals surface area (Å²) in [4.78, 5) is 12.5. The van der Waals surface area contributed by atoms with Crippen LogP contribution in [0, 0.1) is 0 Å². The first kappa shape index (κ1) is 34.4. The van der Waals surface area contributed by atoms with Crippen LogP contribution in [-0.2, 0) is 0 Å². The average Bonchev–Trinajstić information content (AvgIpc) is 3.60. The van der Waals surface area contributed by atoms with Crippen LogP contribution < -0.4 is 14.2 Å². The van der Waals surface area contributed by atoms with Crippen molar-refractivity contribution in [1.82, 2.24) is 19.8 Å². The molecule has 0 saturated carbocycles. The number of ether oxygens (including phenoxy) is 3. The Morgan fingerprint density at radius 3 is 1.62 bits per heavy atom. The molecule has 6 rings (SSSR count). The van der Waals surface area contributed by atoms with Crippen LogP contribution in [0.3, 0.4) is 0 Å². The highest BCUT2D eigenvalue weighted by Crippen LogP contribution is 2.27. The fourth-order valence-electron chi connectivity index (χ4n) is 5.17. The van der Waals surface area contributed by atoms with Crippen molar-refractivity contribution in [1.29, 1.82) is 0 Å². The van der Waals surface area contributed by atoms with Crippen LogP contribution in [0.15, 0.2) is 114 Å². The first-order chi connectivity index (χ1) is 21.8. The van der Waals surface area contributed by atoms with Gasteiger partial charge in [-0.1, -0.05) is 52.3 Å². The van der Waals surface area contributed by atoms with E-state index in [4.69, 9.17) is 14.2 Å². The summed E-state index contributed by atoms with van der Waals surface area (Å²) < 4.78 is 18.6. The van der Waals surface area contributed by atoms with Crippen LogP contribution in [0.1, 0.15) is 26.7 Å². The molecule has 0 amide bonds. The number of hydrogen-bond donors (Lipinski definition) is 1. The number of halogens is 1. The molecule has 240 valence electrons. The Bertz CT molecular complexity index is 1350. The highest BCUT2D eigenvalue weighted by molar-refractivity contribution is 9.10. The molecule has 4 aromatic rings. The van der Waals surface area contributed by atoms with Gasteiger partial charge >= 0.3 is 0 Å². The monoisotopic (exact) mass is 676 g/mol. The average molecular weight is 678 g/mol. The van der Waals surface area contributed by atoms with Crippen molar-refractivity contribution in [3.05, 3.63) is 114 Å². The van der Waals surface area contributed by atoms with Crippen LogP contribution in [0.25, 0.3) is 0 Å². The third-order valence-electron chi connectivity index (χ3n) is 7.54. The summed E-state index contributed by atoms with van der Waals surface area (Å²) in [5, 5.41) is 9.80. The highest BCUT2D eigenvalue weighted by atomic mass is 79.9. The largest absolute Gasteiger partial charge is 0.492 e. The molecule has 2 atom stereocenters. The number of hydrogen-bond acceptors (Lipinski definition) is 8. The van der Waals surface area contributed by atoms with E-state index in [0.29, 0.717) is 13.2 Å². The van der Waals surface area contributed by atoms with Crippen molar-refractivity contribution in [2.75, 3.05) is 52.5 Å². The molecule has 0 spiro atoms. The van der Waals surface area contributed by atoms with Gasteiger partial charge in [0, 0.05) is 74.9 Å². The second-order valence-electron chi connectivity index (χ2n) is 11.8. The van der Waals surface area contributed by atoms with Crippen molar-refractivity contribution in [2.45, 2.75) is 37.9 Å². The summed E-state index contributed by atoms with van der Waals surface area (Å²) in [5.41, 5.74) is -0.638. The molecule has 8 nitrogen and oxygen atoms in total. The number of para-hydroxylation sites is 2. The quantitative estimate of drug-likeness (QED) is 0.208. The molecule has 4 heterocycles. The Kier molecular flexibility index (Phi) is 13.6. The summed E-state index contributed by atoms with van der Waals surface area (Å²) in [7, 11) is 0. The lowest BCUT2D eigenvalue weighted by Gasteiger charge is -2.26. The zero-order valence-electron chi connectivity index (χ0n) is 26.3. The first-order valence-corrected chi connectivity index (χ1v) is 16.3. The van der Waals surface area contributed by atoms with Gasteiger partial charge in [0.15, 0.2) is 0 Å². The molecular formula is C36H45BrN4O4. The molecule has 2 unspecified atom stereocenters. The van der Waals surface area contributed by atoms with E-state index in [1.165, 1.54) is 0 Å². The molecular weight excluding hydrogens is 632 g/mol. The zero-order chi connectivity index (χ0) is 31.8. The van der Waals surface area contributed by atoms with Gasteiger partial charge in [0.25, 0.3) is 0 Å². The summed E-state index contributed by atoms with van der Waals surface area (Å²) in [5.74, 6) is 2.73. The molecule has 2 aliphatic heterocycles. The fourth-order valence-corrected chi connectivity index (χ4v) is 5.41. The second kappa shape index (κ2) is 17.8. The number of β-amino-alcohol motifs (C(OH)–C–C–N with tert-alkyl or cyclic N) is 1. The third-order valence-corrected chi connectivity index (χ3v) is 8.07. The van der Waals surface area contributed by atoms with Gasteiger partial charge in [-0.2, -0.15) is 0 Å². The van der Waals surface area contributed by atoms with Gasteiger partial charge in [-0.3, -0.25) is 19.8 Å². The maximum absolute atomic E-state index is 9.80. The molecule has 2 aliphatic rings. The van der Waals surface area contributed by atoms with Crippen molar-refractivity contribution in [3.63, 3.8) is 0 Å². The van der Waals surface area contributed by atoms with E-state index in [9.17, 15) is 5.11 Å². The Morgan fingerprint density at radius 1 is 0.667 bits per heavy atom. The van der Waals surface area contributed by atoms with Crippen LogP contribution in [-0.4, -0.2) is 88.6 Å². The standard InChI is InChI=1S/C18H22N2O2.C13H19NO2.C5H4BrN/c1-18(22-17-7-10-19-11-8-17)9-12-20(15-18)13-14-21-16-5-3-2-4-6-16;1-13(15)7-8-14(11-13)9-10-16-12-5-3-2-4-6-12;6-5-1-3-7-4-2-5/h2-8,10-11H,9,12-15H2,1H3;2-6,15H,7-11H2,1H3;1-4H. The molecule has 2 aromatic carbocycles. The number of pyridine rings is 2. The van der Waals surface area contributed by atoms with E-state index in [-0.39, 0.29) is 5.60 Å². The van der Waals surface area contributed by atoms with Gasteiger partial charge < -0.3 is 19.3 Å². The van der Waals surface area contributed by atoms with Crippen LogP contribution in [0.4, 0.5) is 0 Å². The van der Waals surface area contributed by atoms with E-state index in [1.807, 2.05) is 91.9 Å². The van der Waals surface area contributed by atoms with E-state index < -0.39 is 5.60 Å². The van der Waals surface area contributed by atoms with Gasteiger partial charge in [0.05, 0.1) is 5.60 Å². The molecule has 9 heteroatoms. The fraction of sp³-hybridized carbons (Fsp3) is 0.389. The number of aromatic nitrogens is 2. The lowest BCUT2D eigenvalue weighted by molar-refractivity contribution is 0.0670. The molecule has 1 N–H and O–H groups in total. The van der Waals surface area contributed by atoms with Crippen molar-refractivity contribution < 1.29 is 19.3 Å². The molecule has 45 heavy (non-hydrogen) atoms. The molecule has 0 radical (unpaired) electrons. The molecule has 2 saturated heterocycles. The number of rotatable bonds is 10. The number of aliphatic hydroxyl groups is 1. The number of nitrogens with zero attached hydrogens (tertiary/aromatic N) is 4. The topological polar surface area (TPSA) is 80.2 Å². The van der Waals surface area contributed by atoms with E-state index in [2.05, 4.69) is 42.6 Å². The molecule has 0 bridgehead atoms. The second-order valence-corrected chi connectivity index (χ2v) is 12.7. The SMILES string of the molecule is Brc1ccncc1.CC1(O)CCN(CCOc2ccccc2)C1.CC1(Oc2ccncc2)CCN(CCOc2ccccc2)C1. The molecule has 2 fully saturated rings. The molecule has 2 aromatic heterocycles. The van der Waals surface area contributed by atoms with Crippen LogP contribution >= 0.6 is 15.9 Å². The molecule has 0 aliphatic carbocycles. The Balaban J connectivity index is 0.000000174. The maximum atomic E-state index is 9.80. The van der Waals surface area contributed by atoms with Gasteiger partial charge in [-0.15, -0.1) is 0 Å². The lowest BCUT2D eigenvalue weighted by atomic mass is 10.1. The summed E-state index contributed by atoms with van der Waals surface area (Å²) in [6, 6.07) is 27.4.